The van der Waals surface area contributed by atoms with Gasteiger partial charge in [-0.1, -0.05) is 26.7 Å². The van der Waals surface area contributed by atoms with Crippen LogP contribution < -0.4 is 0 Å². The Kier molecular flexibility index (Phi) is 3.57. The van der Waals surface area contributed by atoms with Crippen LogP contribution >= 0.6 is 0 Å². The molecule has 2 atom stereocenters. The molecule has 0 aromatic carbocycles. The highest BCUT2D eigenvalue weighted by atomic mass is 15.4. The largest absolute Gasteiger partial charge is 0.323 e. The fourth-order valence-corrected chi connectivity index (χ4v) is 2.36. The maximum atomic E-state index is 2.44. The van der Waals surface area contributed by atoms with E-state index in [1.807, 2.05) is 0 Å². The number of unbranched alkanes of at least 4 members (excludes halogenated alkanes) is 1. The molecule has 1 heteroatoms. The molecule has 1 fully saturated rings. The summed E-state index contributed by atoms with van der Waals surface area (Å²) in [5.41, 5.74) is 0. The lowest BCUT2D eigenvalue weighted by molar-refractivity contribution is -0.973. The van der Waals surface area contributed by atoms with Gasteiger partial charge in [0.1, 0.15) is 0 Å². The van der Waals surface area contributed by atoms with Crippen LogP contribution in [0, 0.1) is 0 Å². The first-order chi connectivity index (χ1) is 5.73. The Morgan fingerprint density at radius 3 is 2.42 bits per heavy atom. The summed E-state index contributed by atoms with van der Waals surface area (Å²) in [5, 5.41) is 0. The summed E-state index contributed by atoms with van der Waals surface area (Å²) in [7, 11) is 2.44. The zero-order chi connectivity index (χ0) is 9.03. The monoisotopic (exact) mass is 170 g/mol. The molecule has 0 saturated carbocycles. The first-order valence-electron chi connectivity index (χ1n) is 5.57. The minimum atomic E-state index is 1.00. The van der Waals surface area contributed by atoms with Crippen molar-refractivity contribution in [1.82, 2.24) is 0 Å². The quantitative estimate of drug-likeness (QED) is 0.557. The van der Waals surface area contributed by atoms with Crippen molar-refractivity contribution >= 4 is 0 Å². The summed E-state index contributed by atoms with van der Waals surface area (Å²) < 4.78 is 1.38. The summed E-state index contributed by atoms with van der Waals surface area (Å²) in [5.74, 6) is 0. The Morgan fingerprint density at radius 1 is 1.25 bits per heavy atom. The highest BCUT2D eigenvalue weighted by molar-refractivity contribution is 4.68. The standard InChI is InChI=1S/C11H24N/c1-4-6-9-12(3)10-8-11(12)7-5-2/h11H,4-10H2,1-3H3/q+1. The molecule has 0 N–H and O–H groups in total. The summed E-state index contributed by atoms with van der Waals surface area (Å²) in [6, 6.07) is 1.00. The molecule has 0 radical (unpaired) electrons. The first-order valence-corrected chi connectivity index (χ1v) is 5.57. The molecule has 0 aromatic heterocycles. The van der Waals surface area contributed by atoms with Crippen LogP contribution in [0.3, 0.4) is 0 Å². The van der Waals surface area contributed by atoms with Gasteiger partial charge in [-0.3, -0.25) is 0 Å². The second-order valence-electron chi connectivity index (χ2n) is 4.51. The lowest BCUT2D eigenvalue weighted by Gasteiger charge is -2.50. The van der Waals surface area contributed by atoms with Crippen LogP contribution in [0.4, 0.5) is 0 Å². The second kappa shape index (κ2) is 4.27. The van der Waals surface area contributed by atoms with Crippen LogP contribution in [0.2, 0.25) is 0 Å². The minimum absolute atomic E-state index is 1.00. The fourth-order valence-electron chi connectivity index (χ4n) is 2.36. The Bertz CT molecular complexity index is 133. The molecule has 1 nitrogen and oxygen atoms in total. The molecular formula is C11H24N+. The Morgan fingerprint density at radius 2 is 2.00 bits per heavy atom. The molecule has 1 heterocycles. The van der Waals surface area contributed by atoms with Crippen molar-refractivity contribution in [2.45, 2.75) is 52.0 Å². The topological polar surface area (TPSA) is 0 Å². The van der Waals surface area contributed by atoms with Crippen LogP contribution in [-0.2, 0) is 0 Å². The highest BCUT2D eigenvalue weighted by Gasteiger charge is 2.40. The summed E-state index contributed by atoms with van der Waals surface area (Å²) in [6.07, 6.45) is 7.06. The predicted octanol–water partition coefficient (Wildman–Crippen LogP) is 2.81. The molecule has 0 aromatic rings. The number of hydrogen-bond donors (Lipinski definition) is 0. The summed E-state index contributed by atoms with van der Waals surface area (Å²) in [4.78, 5) is 0. The molecule has 1 rings (SSSR count). The van der Waals surface area contributed by atoms with Crippen LogP contribution in [0.15, 0.2) is 0 Å². The van der Waals surface area contributed by atoms with Crippen molar-refractivity contribution in [3.8, 4) is 0 Å². The number of nitrogens with zero attached hydrogens (tertiary/aromatic N) is 1. The van der Waals surface area contributed by atoms with Gasteiger partial charge >= 0.3 is 0 Å². The second-order valence-corrected chi connectivity index (χ2v) is 4.51. The lowest BCUT2D eigenvalue weighted by atomic mass is 9.94. The third-order valence-electron chi connectivity index (χ3n) is 3.50. The van der Waals surface area contributed by atoms with Gasteiger partial charge in [0.25, 0.3) is 0 Å². The average Bonchev–Trinajstić information content (AvgIpc) is 2.08. The van der Waals surface area contributed by atoms with E-state index in [2.05, 4.69) is 20.9 Å². The lowest BCUT2D eigenvalue weighted by Crippen LogP contribution is -2.62. The van der Waals surface area contributed by atoms with E-state index in [1.54, 1.807) is 0 Å². The molecule has 72 valence electrons. The molecule has 0 aliphatic carbocycles. The van der Waals surface area contributed by atoms with Gasteiger partial charge in [0.05, 0.1) is 26.2 Å². The minimum Gasteiger partial charge on any atom is -0.323 e. The molecule has 1 aliphatic rings. The fraction of sp³-hybridized carbons (Fsp3) is 1.00. The number of likely N-dealkylation sites (tertiary alicyclic amines) is 1. The third kappa shape index (κ3) is 2.01. The van der Waals surface area contributed by atoms with Gasteiger partial charge in [0.15, 0.2) is 0 Å². The first kappa shape index (κ1) is 10.0. The maximum Gasteiger partial charge on any atom is 0.0942 e. The Labute approximate surface area is 77.4 Å². The van der Waals surface area contributed by atoms with Gasteiger partial charge in [0, 0.05) is 6.42 Å². The molecule has 1 aliphatic heterocycles. The molecule has 2 unspecified atom stereocenters. The van der Waals surface area contributed by atoms with Crippen molar-refractivity contribution in [2.75, 3.05) is 20.1 Å². The van der Waals surface area contributed by atoms with E-state index in [0.29, 0.717) is 0 Å². The van der Waals surface area contributed by atoms with Crippen molar-refractivity contribution in [3.63, 3.8) is 0 Å². The SMILES string of the molecule is CCCC[N+]1(C)CCC1CCC. The van der Waals surface area contributed by atoms with E-state index in [1.165, 1.54) is 49.7 Å². The summed E-state index contributed by atoms with van der Waals surface area (Å²) >= 11 is 0. The third-order valence-corrected chi connectivity index (χ3v) is 3.50. The molecule has 12 heavy (non-hydrogen) atoms. The Hall–Kier alpha value is -0.0400. The van der Waals surface area contributed by atoms with Gasteiger partial charge < -0.3 is 4.48 Å². The van der Waals surface area contributed by atoms with E-state index < -0.39 is 0 Å². The Balaban J connectivity index is 2.27. The van der Waals surface area contributed by atoms with Crippen molar-refractivity contribution in [1.29, 1.82) is 0 Å². The predicted molar refractivity (Wildman–Crippen MR) is 54.1 cm³/mol. The van der Waals surface area contributed by atoms with E-state index in [-0.39, 0.29) is 0 Å². The van der Waals surface area contributed by atoms with Crippen LogP contribution in [-0.4, -0.2) is 30.7 Å². The van der Waals surface area contributed by atoms with E-state index >= 15 is 0 Å². The van der Waals surface area contributed by atoms with E-state index in [9.17, 15) is 0 Å². The molecule has 0 bridgehead atoms. The van der Waals surface area contributed by atoms with Gasteiger partial charge in [-0.15, -0.1) is 0 Å². The van der Waals surface area contributed by atoms with Gasteiger partial charge in [-0.05, 0) is 12.8 Å². The van der Waals surface area contributed by atoms with Crippen molar-refractivity contribution in [2.24, 2.45) is 0 Å². The van der Waals surface area contributed by atoms with E-state index in [0.717, 1.165) is 6.04 Å². The normalized spacial score (nSPS) is 34.8. The average molecular weight is 170 g/mol. The van der Waals surface area contributed by atoms with Crippen LogP contribution in [0.5, 0.6) is 0 Å². The van der Waals surface area contributed by atoms with Crippen LogP contribution in [0.1, 0.15) is 46.0 Å². The van der Waals surface area contributed by atoms with E-state index in [4.69, 9.17) is 0 Å². The number of rotatable bonds is 5. The number of quaternary nitrogens is 1. The van der Waals surface area contributed by atoms with Crippen LogP contribution in [0.25, 0.3) is 0 Å². The molecular weight excluding hydrogens is 146 g/mol. The van der Waals surface area contributed by atoms with Gasteiger partial charge in [-0.25, -0.2) is 0 Å². The smallest absolute Gasteiger partial charge is 0.0942 e. The van der Waals surface area contributed by atoms with Gasteiger partial charge in [0.2, 0.25) is 0 Å². The highest BCUT2D eigenvalue weighted by Crippen LogP contribution is 2.29. The van der Waals surface area contributed by atoms with Gasteiger partial charge in [-0.2, -0.15) is 0 Å². The maximum absolute atomic E-state index is 2.44. The zero-order valence-corrected chi connectivity index (χ0v) is 8.97. The molecule has 1 saturated heterocycles. The summed E-state index contributed by atoms with van der Waals surface area (Å²) in [6.45, 7) is 7.45. The van der Waals surface area contributed by atoms with Crippen molar-refractivity contribution < 1.29 is 4.48 Å². The van der Waals surface area contributed by atoms with Crippen molar-refractivity contribution in [3.05, 3.63) is 0 Å². The molecule has 0 spiro atoms. The number of hydrogen-bond acceptors (Lipinski definition) is 0. The molecule has 0 amide bonds. The zero-order valence-electron chi connectivity index (χ0n) is 8.97.